The molecule has 5 nitrogen and oxygen atoms in total. The van der Waals surface area contributed by atoms with E-state index in [9.17, 15) is 9.59 Å². The maximum absolute atomic E-state index is 12.0. The highest BCUT2D eigenvalue weighted by molar-refractivity contribution is 7.14. The summed E-state index contributed by atoms with van der Waals surface area (Å²) in [4.78, 5) is 28.6. The van der Waals surface area contributed by atoms with E-state index in [0.29, 0.717) is 17.6 Å². The minimum atomic E-state index is -0.618. The lowest BCUT2D eigenvalue weighted by Crippen LogP contribution is -2.48. The van der Waals surface area contributed by atoms with Gasteiger partial charge in [-0.1, -0.05) is 13.8 Å². The number of rotatable bonds is 4. The molecule has 2 N–H and O–H groups in total. The van der Waals surface area contributed by atoms with E-state index in [1.54, 1.807) is 0 Å². The average Bonchev–Trinajstić information content (AvgIpc) is 3.00. The first-order chi connectivity index (χ1) is 11.9. The van der Waals surface area contributed by atoms with E-state index in [-0.39, 0.29) is 5.41 Å². The molecule has 5 rings (SSSR count). The van der Waals surface area contributed by atoms with Gasteiger partial charge in [0.25, 0.3) is 0 Å². The molecule has 0 aliphatic heterocycles. The molecule has 1 aromatic heterocycles. The summed E-state index contributed by atoms with van der Waals surface area (Å²) < 4.78 is 0. The topological polar surface area (TPSA) is 71.1 Å². The fourth-order valence-corrected chi connectivity index (χ4v) is 6.36. The first-order valence-electron chi connectivity index (χ1n) is 9.49. The fourth-order valence-electron chi connectivity index (χ4n) is 5.53. The van der Waals surface area contributed by atoms with E-state index >= 15 is 0 Å². The molecule has 4 aliphatic carbocycles. The summed E-state index contributed by atoms with van der Waals surface area (Å²) in [5.41, 5.74) is 1.38. The van der Waals surface area contributed by atoms with Crippen LogP contribution < -0.4 is 10.6 Å². The van der Waals surface area contributed by atoms with Crippen LogP contribution in [0.4, 0.5) is 5.13 Å². The van der Waals surface area contributed by atoms with Crippen LogP contribution in [0.15, 0.2) is 5.38 Å². The second-order valence-electron chi connectivity index (χ2n) is 8.79. The Balaban J connectivity index is 1.42. The number of nitrogens with zero attached hydrogens (tertiary/aromatic N) is 1. The lowest BCUT2D eigenvalue weighted by atomic mass is 9.49. The van der Waals surface area contributed by atoms with Gasteiger partial charge < -0.3 is 5.32 Å². The quantitative estimate of drug-likeness (QED) is 0.808. The minimum Gasteiger partial charge on any atom is -0.348 e. The van der Waals surface area contributed by atoms with Crippen LogP contribution in [0.25, 0.3) is 0 Å². The zero-order chi connectivity index (χ0) is 17.6. The fraction of sp³-hybridized carbons (Fsp3) is 0.737. The molecular weight excluding hydrogens is 334 g/mol. The molecule has 4 aliphatic rings. The highest BCUT2D eigenvalue weighted by atomic mass is 32.1. The third-order valence-electron chi connectivity index (χ3n) is 6.18. The lowest BCUT2D eigenvalue weighted by molar-refractivity contribution is -0.136. The predicted octanol–water partition coefficient (Wildman–Crippen LogP) is 3.32. The molecule has 25 heavy (non-hydrogen) atoms. The molecule has 0 saturated heterocycles. The smallest absolute Gasteiger partial charge is 0.315 e. The number of aromatic nitrogens is 1. The van der Waals surface area contributed by atoms with Crippen molar-refractivity contribution in [2.75, 3.05) is 11.9 Å². The van der Waals surface area contributed by atoms with Gasteiger partial charge in [0.05, 0.1) is 5.69 Å². The molecule has 1 heterocycles. The predicted molar refractivity (Wildman–Crippen MR) is 98.4 cm³/mol. The van der Waals surface area contributed by atoms with E-state index in [4.69, 9.17) is 4.98 Å². The summed E-state index contributed by atoms with van der Waals surface area (Å²) in [6.45, 7) is 4.50. The molecule has 2 amide bonds. The van der Waals surface area contributed by atoms with Gasteiger partial charge in [0.15, 0.2) is 5.13 Å². The van der Waals surface area contributed by atoms with Crippen LogP contribution in [-0.2, 0) is 15.0 Å². The van der Waals surface area contributed by atoms with Gasteiger partial charge in [-0.2, -0.15) is 0 Å². The standard InChI is InChI=1S/C19H27N3O2S/c1-11(2)9-20-16(23)17(24)22-18-21-15(10-25-18)19-6-12-3-13(7-19)5-14(4-12)8-19/h10-14H,3-9H2,1-2H3,(H,20,23)(H,21,22,24). The summed E-state index contributed by atoms with van der Waals surface area (Å²) in [5.74, 6) is 1.72. The van der Waals surface area contributed by atoms with Crippen molar-refractivity contribution in [2.45, 2.75) is 57.8 Å². The maximum atomic E-state index is 12.0. The Morgan fingerprint density at radius 2 is 1.76 bits per heavy atom. The number of carbonyl (C=O) groups excluding carboxylic acids is 2. The maximum Gasteiger partial charge on any atom is 0.315 e. The number of anilines is 1. The summed E-state index contributed by atoms with van der Waals surface area (Å²) >= 11 is 1.45. The van der Waals surface area contributed by atoms with Gasteiger partial charge in [-0.3, -0.25) is 14.9 Å². The normalized spacial score (nSPS) is 32.8. The van der Waals surface area contributed by atoms with Gasteiger partial charge in [0, 0.05) is 17.3 Å². The van der Waals surface area contributed by atoms with Crippen LogP contribution in [0, 0.1) is 23.7 Å². The number of carbonyl (C=O) groups is 2. The van der Waals surface area contributed by atoms with Gasteiger partial charge >= 0.3 is 11.8 Å². The molecule has 1 aromatic rings. The lowest BCUT2D eigenvalue weighted by Gasteiger charge is -2.56. The third kappa shape index (κ3) is 3.33. The second-order valence-corrected chi connectivity index (χ2v) is 9.65. The molecule has 136 valence electrons. The summed E-state index contributed by atoms with van der Waals surface area (Å²) in [5, 5.41) is 7.97. The van der Waals surface area contributed by atoms with Gasteiger partial charge in [-0.05, 0) is 62.2 Å². The summed E-state index contributed by atoms with van der Waals surface area (Å²) in [6.07, 6.45) is 7.98. The summed E-state index contributed by atoms with van der Waals surface area (Å²) in [7, 11) is 0. The highest BCUT2D eigenvalue weighted by Gasteiger charge is 2.52. The molecule has 4 bridgehead atoms. The van der Waals surface area contributed by atoms with E-state index in [1.165, 1.54) is 49.9 Å². The number of nitrogens with one attached hydrogen (secondary N) is 2. The van der Waals surface area contributed by atoms with Crippen molar-refractivity contribution in [1.82, 2.24) is 10.3 Å². The van der Waals surface area contributed by atoms with Crippen molar-refractivity contribution in [3.05, 3.63) is 11.1 Å². The first-order valence-corrected chi connectivity index (χ1v) is 10.4. The van der Waals surface area contributed by atoms with Crippen LogP contribution in [0.2, 0.25) is 0 Å². The van der Waals surface area contributed by atoms with Gasteiger partial charge in [-0.15, -0.1) is 11.3 Å². The Hall–Kier alpha value is -1.43. The van der Waals surface area contributed by atoms with Crippen LogP contribution in [0.1, 0.15) is 58.1 Å². The number of thiazole rings is 1. The van der Waals surface area contributed by atoms with Crippen molar-refractivity contribution in [3.8, 4) is 0 Å². The SMILES string of the molecule is CC(C)CNC(=O)C(=O)Nc1nc(C23CC4CC(CC(C4)C2)C3)cs1. The Labute approximate surface area is 153 Å². The van der Waals surface area contributed by atoms with Crippen LogP contribution in [-0.4, -0.2) is 23.3 Å². The van der Waals surface area contributed by atoms with Crippen LogP contribution >= 0.6 is 11.3 Å². The highest BCUT2D eigenvalue weighted by Crippen LogP contribution is 2.60. The van der Waals surface area contributed by atoms with Crippen molar-refractivity contribution in [2.24, 2.45) is 23.7 Å². The molecule has 0 spiro atoms. The number of hydrogen-bond donors (Lipinski definition) is 2. The second kappa shape index (κ2) is 6.38. The monoisotopic (exact) mass is 361 g/mol. The van der Waals surface area contributed by atoms with E-state index in [1.807, 2.05) is 13.8 Å². The van der Waals surface area contributed by atoms with E-state index in [2.05, 4.69) is 16.0 Å². The van der Waals surface area contributed by atoms with Crippen LogP contribution in [0.3, 0.4) is 0 Å². The molecular formula is C19H27N3O2S. The first kappa shape index (κ1) is 17.0. The van der Waals surface area contributed by atoms with Crippen LogP contribution in [0.5, 0.6) is 0 Å². The van der Waals surface area contributed by atoms with Gasteiger partial charge in [-0.25, -0.2) is 4.98 Å². The Morgan fingerprint density at radius 3 is 2.32 bits per heavy atom. The largest absolute Gasteiger partial charge is 0.348 e. The minimum absolute atomic E-state index is 0.230. The van der Waals surface area contributed by atoms with Crippen molar-refractivity contribution < 1.29 is 9.59 Å². The van der Waals surface area contributed by atoms with Crippen molar-refractivity contribution >= 4 is 28.3 Å². The average molecular weight is 362 g/mol. The third-order valence-corrected chi connectivity index (χ3v) is 6.94. The molecule has 0 radical (unpaired) electrons. The molecule has 0 unspecified atom stereocenters. The molecule has 6 heteroatoms. The molecule has 0 aromatic carbocycles. The van der Waals surface area contributed by atoms with E-state index in [0.717, 1.165) is 23.4 Å². The molecule has 0 atom stereocenters. The molecule has 4 saturated carbocycles. The number of amides is 2. The zero-order valence-corrected chi connectivity index (χ0v) is 15.8. The Bertz CT molecular complexity index is 647. The van der Waals surface area contributed by atoms with Crippen molar-refractivity contribution in [3.63, 3.8) is 0 Å². The number of hydrogen-bond acceptors (Lipinski definition) is 4. The van der Waals surface area contributed by atoms with Crippen molar-refractivity contribution in [1.29, 1.82) is 0 Å². The summed E-state index contributed by atoms with van der Waals surface area (Å²) in [6, 6.07) is 0. The van der Waals surface area contributed by atoms with Gasteiger partial charge in [0.1, 0.15) is 0 Å². The zero-order valence-electron chi connectivity index (χ0n) is 15.0. The van der Waals surface area contributed by atoms with E-state index < -0.39 is 11.8 Å². The Kier molecular flexibility index (Phi) is 4.34. The Morgan fingerprint density at radius 1 is 1.16 bits per heavy atom. The molecule has 4 fully saturated rings. The van der Waals surface area contributed by atoms with Gasteiger partial charge in [0.2, 0.25) is 0 Å².